The number of nitrogens with zero attached hydrogens (tertiary/aromatic N) is 2. The van der Waals surface area contributed by atoms with Crippen LogP contribution in [0.25, 0.3) is 11.0 Å². The average molecular weight is 292 g/mol. The standard InChI is InChI=1S/C13H12N2O6/c1-7(14-4-5-16)11-12(17)9-6-8(15(19)20)2-3-10(9)21-13(11)18/h2-3,6,16-17H,4-5H2,1H3. The van der Waals surface area contributed by atoms with Crippen LogP contribution in [0.1, 0.15) is 12.5 Å². The Kier molecular flexibility index (Phi) is 3.99. The Morgan fingerprint density at radius 3 is 2.81 bits per heavy atom. The lowest BCUT2D eigenvalue weighted by Gasteiger charge is -2.06. The van der Waals surface area contributed by atoms with Crippen LogP contribution in [0.2, 0.25) is 0 Å². The molecule has 0 bridgehead atoms. The maximum Gasteiger partial charge on any atom is 0.349 e. The molecular weight excluding hydrogens is 280 g/mol. The number of benzene rings is 1. The first-order valence-electron chi connectivity index (χ1n) is 6.02. The lowest BCUT2D eigenvalue weighted by molar-refractivity contribution is -0.384. The molecule has 0 atom stereocenters. The lowest BCUT2D eigenvalue weighted by Crippen LogP contribution is -2.13. The van der Waals surface area contributed by atoms with Crippen molar-refractivity contribution in [3.63, 3.8) is 0 Å². The third-order valence-corrected chi connectivity index (χ3v) is 2.88. The smallest absolute Gasteiger partial charge is 0.349 e. The van der Waals surface area contributed by atoms with Crippen molar-refractivity contribution in [2.24, 2.45) is 4.99 Å². The van der Waals surface area contributed by atoms with Gasteiger partial charge in [0.2, 0.25) is 0 Å². The second-order valence-electron chi connectivity index (χ2n) is 4.24. The summed E-state index contributed by atoms with van der Waals surface area (Å²) in [6.07, 6.45) is 0. The quantitative estimate of drug-likeness (QED) is 0.377. The summed E-state index contributed by atoms with van der Waals surface area (Å²) in [5, 5.41) is 29.7. The average Bonchev–Trinajstić information content (AvgIpc) is 2.44. The predicted octanol–water partition coefficient (Wildman–Crippen LogP) is 1.21. The van der Waals surface area contributed by atoms with E-state index in [1.54, 1.807) is 0 Å². The Balaban J connectivity index is 2.72. The summed E-state index contributed by atoms with van der Waals surface area (Å²) in [7, 11) is 0. The molecule has 21 heavy (non-hydrogen) atoms. The highest BCUT2D eigenvalue weighted by Gasteiger charge is 2.18. The highest BCUT2D eigenvalue weighted by Crippen LogP contribution is 2.29. The van der Waals surface area contributed by atoms with Crippen molar-refractivity contribution in [3.05, 3.63) is 44.3 Å². The fourth-order valence-corrected chi connectivity index (χ4v) is 1.90. The van der Waals surface area contributed by atoms with E-state index in [-0.39, 0.29) is 41.1 Å². The van der Waals surface area contributed by atoms with Crippen LogP contribution in [0, 0.1) is 10.1 Å². The first-order valence-corrected chi connectivity index (χ1v) is 6.02. The summed E-state index contributed by atoms with van der Waals surface area (Å²) in [5.74, 6) is -0.427. The second-order valence-corrected chi connectivity index (χ2v) is 4.24. The van der Waals surface area contributed by atoms with Crippen molar-refractivity contribution in [2.45, 2.75) is 6.92 Å². The van der Waals surface area contributed by atoms with Crippen molar-refractivity contribution in [1.29, 1.82) is 0 Å². The van der Waals surface area contributed by atoms with Crippen molar-refractivity contribution in [2.75, 3.05) is 13.2 Å². The molecule has 2 aromatic rings. The van der Waals surface area contributed by atoms with E-state index in [2.05, 4.69) is 4.99 Å². The highest BCUT2D eigenvalue weighted by molar-refractivity contribution is 6.04. The Labute approximate surface area is 118 Å². The van der Waals surface area contributed by atoms with Crippen LogP contribution >= 0.6 is 0 Å². The van der Waals surface area contributed by atoms with E-state index in [0.717, 1.165) is 6.07 Å². The number of hydrogen-bond acceptors (Lipinski definition) is 7. The zero-order valence-corrected chi connectivity index (χ0v) is 11.1. The minimum Gasteiger partial charge on any atom is -0.506 e. The number of nitro benzene ring substituents is 1. The molecule has 0 aliphatic rings. The second kappa shape index (κ2) is 5.71. The van der Waals surface area contributed by atoms with Gasteiger partial charge in [0.25, 0.3) is 5.69 Å². The Morgan fingerprint density at radius 2 is 2.19 bits per heavy atom. The first kappa shape index (κ1) is 14.7. The molecule has 2 rings (SSSR count). The van der Waals surface area contributed by atoms with E-state index < -0.39 is 16.3 Å². The van der Waals surface area contributed by atoms with Crippen LogP contribution in [-0.2, 0) is 0 Å². The molecule has 0 unspecified atom stereocenters. The molecular formula is C13H12N2O6. The molecule has 0 aliphatic heterocycles. The minimum absolute atomic E-state index is 0.0433. The fraction of sp³-hybridized carbons (Fsp3) is 0.231. The molecule has 0 radical (unpaired) electrons. The molecule has 1 heterocycles. The van der Waals surface area contributed by atoms with Crippen molar-refractivity contribution in [1.82, 2.24) is 0 Å². The van der Waals surface area contributed by atoms with Gasteiger partial charge in [-0.15, -0.1) is 0 Å². The maximum atomic E-state index is 11.9. The predicted molar refractivity (Wildman–Crippen MR) is 75.0 cm³/mol. The molecule has 0 amide bonds. The van der Waals surface area contributed by atoms with E-state index >= 15 is 0 Å². The monoisotopic (exact) mass is 292 g/mol. The van der Waals surface area contributed by atoms with E-state index in [4.69, 9.17) is 9.52 Å². The summed E-state index contributed by atoms with van der Waals surface area (Å²) in [6.45, 7) is 1.34. The van der Waals surface area contributed by atoms with Crippen molar-refractivity contribution < 1.29 is 19.6 Å². The molecule has 0 fully saturated rings. The molecule has 0 saturated heterocycles. The highest BCUT2D eigenvalue weighted by atomic mass is 16.6. The summed E-state index contributed by atoms with van der Waals surface area (Å²) < 4.78 is 5.03. The third kappa shape index (κ3) is 2.75. The Hall–Kier alpha value is -2.74. The molecule has 110 valence electrons. The van der Waals surface area contributed by atoms with E-state index in [1.165, 1.54) is 19.1 Å². The number of non-ortho nitro benzene ring substituents is 1. The summed E-state index contributed by atoms with van der Waals surface area (Å²) in [5.41, 5.74) is -0.974. The van der Waals surface area contributed by atoms with Gasteiger partial charge < -0.3 is 14.6 Å². The number of aliphatic hydroxyl groups is 1. The number of aromatic hydroxyl groups is 1. The number of aliphatic hydroxyl groups excluding tert-OH is 1. The molecule has 1 aromatic heterocycles. The molecule has 2 N–H and O–H groups in total. The van der Waals surface area contributed by atoms with Gasteiger partial charge in [0, 0.05) is 12.1 Å². The zero-order chi connectivity index (χ0) is 15.6. The summed E-state index contributed by atoms with van der Waals surface area (Å²) >= 11 is 0. The largest absolute Gasteiger partial charge is 0.506 e. The summed E-state index contributed by atoms with van der Waals surface area (Å²) in [6, 6.07) is 3.55. The number of hydrogen-bond donors (Lipinski definition) is 2. The molecule has 0 aliphatic carbocycles. The van der Waals surface area contributed by atoms with Crippen LogP contribution in [0.15, 0.2) is 32.4 Å². The van der Waals surface area contributed by atoms with Crippen LogP contribution in [-0.4, -0.2) is 34.0 Å². The summed E-state index contributed by atoms with van der Waals surface area (Å²) in [4.78, 5) is 25.9. The van der Waals surface area contributed by atoms with Crippen molar-refractivity contribution in [3.8, 4) is 5.75 Å². The Morgan fingerprint density at radius 1 is 1.48 bits per heavy atom. The van der Waals surface area contributed by atoms with Crippen LogP contribution in [0.3, 0.4) is 0 Å². The van der Waals surface area contributed by atoms with Gasteiger partial charge in [-0.1, -0.05) is 0 Å². The molecule has 8 heteroatoms. The maximum absolute atomic E-state index is 11.9. The normalized spacial score (nSPS) is 11.8. The van der Waals surface area contributed by atoms with Gasteiger partial charge >= 0.3 is 5.63 Å². The molecule has 0 saturated carbocycles. The lowest BCUT2D eigenvalue weighted by atomic mass is 10.1. The third-order valence-electron chi connectivity index (χ3n) is 2.88. The fourth-order valence-electron chi connectivity index (χ4n) is 1.90. The number of nitro groups is 1. The number of fused-ring (bicyclic) bond motifs is 1. The number of aliphatic imine (C=N–C) groups is 1. The first-order chi connectivity index (χ1) is 9.95. The number of rotatable bonds is 4. The van der Waals surface area contributed by atoms with Crippen LogP contribution in [0.5, 0.6) is 5.75 Å². The van der Waals surface area contributed by atoms with Crippen molar-refractivity contribution >= 4 is 22.4 Å². The van der Waals surface area contributed by atoms with Crippen LogP contribution < -0.4 is 5.63 Å². The minimum atomic E-state index is -0.798. The Bertz CT molecular complexity index is 793. The van der Waals surface area contributed by atoms with Crippen LogP contribution in [0.4, 0.5) is 5.69 Å². The van der Waals surface area contributed by atoms with Gasteiger partial charge in [0.1, 0.15) is 16.9 Å². The molecule has 8 nitrogen and oxygen atoms in total. The van der Waals surface area contributed by atoms with Gasteiger partial charge in [0.15, 0.2) is 0 Å². The van der Waals surface area contributed by atoms with E-state index in [1.807, 2.05) is 0 Å². The molecule has 0 spiro atoms. The van der Waals surface area contributed by atoms with Gasteiger partial charge in [-0.2, -0.15) is 0 Å². The SMILES string of the molecule is CC(=NCCO)c1c(O)c2cc([N+](=O)[O-])ccc2oc1=O. The van der Waals surface area contributed by atoms with E-state index in [9.17, 15) is 20.0 Å². The zero-order valence-electron chi connectivity index (χ0n) is 11.1. The van der Waals surface area contributed by atoms with Gasteiger partial charge in [-0.3, -0.25) is 15.1 Å². The van der Waals surface area contributed by atoms with Gasteiger partial charge in [-0.05, 0) is 13.0 Å². The van der Waals surface area contributed by atoms with Gasteiger partial charge in [-0.25, -0.2) is 4.79 Å². The molecule has 1 aromatic carbocycles. The van der Waals surface area contributed by atoms with Gasteiger partial charge in [0.05, 0.1) is 29.2 Å². The topological polar surface area (TPSA) is 126 Å². The van der Waals surface area contributed by atoms with E-state index in [0.29, 0.717) is 0 Å².